The van der Waals surface area contributed by atoms with Gasteiger partial charge in [0.1, 0.15) is 0 Å². The Morgan fingerprint density at radius 1 is 1.30 bits per heavy atom. The Kier molecular flexibility index (Phi) is 9.21. The van der Waals surface area contributed by atoms with E-state index in [1.165, 1.54) is 37.2 Å². The Morgan fingerprint density at radius 2 is 2.10 bits per heavy atom. The summed E-state index contributed by atoms with van der Waals surface area (Å²) in [4.78, 5) is 8.11. The van der Waals surface area contributed by atoms with E-state index in [9.17, 15) is 0 Å². The van der Waals surface area contributed by atoms with Crippen LogP contribution in [-0.2, 0) is 6.54 Å². The molecule has 0 aromatic carbocycles. The van der Waals surface area contributed by atoms with Gasteiger partial charge in [-0.25, -0.2) is 0 Å². The number of hydrogen-bond donors (Lipinski definition) is 2. The Balaban J connectivity index is 0.00000200. The van der Waals surface area contributed by atoms with Crippen molar-refractivity contribution in [1.29, 1.82) is 0 Å². The third-order valence-corrected chi connectivity index (χ3v) is 4.28. The van der Waals surface area contributed by atoms with Gasteiger partial charge < -0.3 is 15.5 Å². The van der Waals surface area contributed by atoms with Gasteiger partial charge >= 0.3 is 0 Å². The lowest BCUT2D eigenvalue weighted by atomic mass is 10.1. The number of hydrogen-bond acceptors (Lipinski definition) is 3. The first-order valence-corrected chi connectivity index (χ1v) is 7.95. The molecule has 1 aliphatic heterocycles. The number of rotatable bonds is 5. The van der Waals surface area contributed by atoms with E-state index in [0.29, 0.717) is 0 Å². The average Bonchev–Trinajstić information content (AvgIpc) is 2.97. The third-order valence-electron chi connectivity index (χ3n) is 3.40. The normalized spacial score (nSPS) is 16.6. The maximum atomic E-state index is 4.25. The van der Waals surface area contributed by atoms with Crippen molar-refractivity contribution in [2.75, 3.05) is 33.2 Å². The van der Waals surface area contributed by atoms with E-state index in [2.05, 4.69) is 38.0 Å². The SMILES string of the molecule is CN=C(NCCN1CCCCC1)NCc1cccs1.I. The molecule has 1 aromatic heterocycles. The standard InChI is InChI=1S/C14H24N4S.HI/c1-15-14(17-12-13-6-5-11-19-13)16-7-10-18-8-3-2-4-9-18;/h5-6,11H,2-4,7-10,12H2,1H3,(H2,15,16,17);1H. The highest BCUT2D eigenvalue weighted by Gasteiger charge is 2.09. The maximum absolute atomic E-state index is 4.25. The molecule has 0 radical (unpaired) electrons. The molecule has 0 amide bonds. The molecular formula is C14H25IN4S. The zero-order chi connectivity index (χ0) is 13.3. The number of guanidine groups is 1. The minimum atomic E-state index is 0. The lowest BCUT2D eigenvalue weighted by Crippen LogP contribution is -2.42. The van der Waals surface area contributed by atoms with Crippen LogP contribution >= 0.6 is 35.3 Å². The summed E-state index contributed by atoms with van der Waals surface area (Å²) in [7, 11) is 1.82. The van der Waals surface area contributed by atoms with Crippen molar-refractivity contribution in [1.82, 2.24) is 15.5 Å². The van der Waals surface area contributed by atoms with Crippen LogP contribution in [0.2, 0.25) is 0 Å². The van der Waals surface area contributed by atoms with Gasteiger partial charge in [0.2, 0.25) is 0 Å². The fourth-order valence-corrected chi connectivity index (χ4v) is 2.96. The van der Waals surface area contributed by atoms with E-state index in [-0.39, 0.29) is 24.0 Å². The first kappa shape index (κ1) is 17.7. The zero-order valence-corrected chi connectivity index (χ0v) is 15.2. The number of halogens is 1. The number of aliphatic imine (C=N–C) groups is 1. The van der Waals surface area contributed by atoms with E-state index < -0.39 is 0 Å². The van der Waals surface area contributed by atoms with Gasteiger partial charge in [-0.1, -0.05) is 12.5 Å². The van der Waals surface area contributed by atoms with Crippen molar-refractivity contribution in [2.45, 2.75) is 25.8 Å². The molecule has 2 rings (SSSR count). The van der Waals surface area contributed by atoms with Crippen LogP contribution < -0.4 is 10.6 Å². The van der Waals surface area contributed by atoms with Crippen molar-refractivity contribution in [3.05, 3.63) is 22.4 Å². The number of piperidine rings is 1. The van der Waals surface area contributed by atoms with E-state index in [1.54, 1.807) is 11.3 Å². The molecule has 20 heavy (non-hydrogen) atoms. The van der Waals surface area contributed by atoms with Crippen LogP contribution in [0.1, 0.15) is 24.1 Å². The second-order valence-electron chi connectivity index (χ2n) is 4.83. The molecule has 1 aromatic rings. The quantitative estimate of drug-likeness (QED) is 0.447. The topological polar surface area (TPSA) is 39.7 Å². The summed E-state index contributed by atoms with van der Waals surface area (Å²) in [6, 6.07) is 4.22. The van der Waals surface area contributed by atoms with Gasteiger partial charge in [-0.3, -0.25) is 4.99 Å². The second kappa shape index (κ2) is 10.4. The highest BCUT2D eigenvalue weighted by atomic mass is 127. The van der Waals surface area contributed by atoms with E-state index in [4.69, 9.17) is 0 Å². The van der Waals surface area contributed by atoms with Gasteiger partial charge in [-0.2, -0.15) is 0 Å². The summed E-state index contributed by atoms with van der Waals surface area (Å²) in [6.07, 6.45) is 4.10. The van der Waals surface area contributed by atoms with Gasteiger partial charge in [0.15, 0.2) is 5.96 Å². The third kappa shape index (κ3) is 6.41. The van der Waals surface area contributed by atoms with Gasteiger partial charge in [0.25, 0.3) is 0 Å². The number of thiophene rings is 1. The molecule has 0 unspecified atom stereocenters. The highest BCUT2D eigenvalue weighted by molar-refractivity contribution is 14.0. The van der Waals surface area contributed by atoms with Crippen LogP contribution in [0.4, 0.5) is 0 Å². The molecule has 1 saturated heterocycles. The minimum Gasteiger partial charge on any atom is -0.355 e. The molecule has 6 heteroatoms. The smallest absolute Gasteiger partial charge is 0.191 e. The Bertz CT molecular complexity index is 375. The van der Waals surface area contributed by atoms with Crippen LogP contribution in [0.3, 0.4) is 0 Å². The molecule has 0 saturated carbocycles. The van der Waals surface area contributed by atoms with Gasteiger partial charge in [-0.15, -0.1) is 35.3 Å². The van der Waals surface area contributed by atoms with Crippen molar-refractivity contribution in [3.8, 4) is 0 Å². The average molecular weight is 408 g/mol. The van der Waals surface area contributed by atoms with Crippen LogP contribution in [-0.4, -0.2) is 44.1 Å². The van der Waals surface area contributed by atoms with Crippen molar-refractivity contribution in [3.63, 3.8) is 0 Å². The lowest BCUT2D eigenvalue weighted by Gasteiger charge is -2.26. The molecule has 2 N–H and O–H groups in total. The summed E-state index contributed by atoms with van der Waals surface area (Å²) >= 11 is 1.77. The number of nitrogens with zero attached hydrogens (tertiary/aromatic N) is 2. The van der Waals surface area contributed by atoms with E-state index in [1.807, 2.05) is 7.05 Å². The largest absolute Gasteiger partial charge is 0.355 e. The fraction of sp³-hybridized carbons (Fsp3) is 0.643. The molecule has 2 heterocycles. The summed E-state index contributed by atoms with van der Waals surface area (Å²) in [6.45, 7) is 5.43. The highest BCUT2D eigenvalue weighted by Crippen LogP contribution is 2.08. The molecule has 0 bridgehead atoms. The molecule has 0 aliphatic carbocycles. The fourth-order valence-electron chi connectivity index (χ4n) is 2.32. The summed E-state index contributed by atoms with van der Waals surface area (Å²) < 4.78 is 0. The monoisotopic (exact) mass is 408 g/mol. The van der Waals surface area contributed by atoms with Crippen molar-refractivity contribution in [2.24, 2.45) is 4.99 Å². The predicted molar refractivity (Wildman–Crippen MR) is 98.2 cm³/mol. The lowest BCUT2D eigenvalue weighted by molar-refractivity contribution is 0.232. The first-order chi connectivity index (χ1) is 9.38. The molecule has 0 spiro atoms. The van der Waals surface area contributed by atoms with Gasteiger partial charge in [0.05, 0.1) is 6.54 Å². The Morgan fingerprint density at radius 3 is 2.75 bits per heavy atom. The summed E-state index contributed by atoms with van der Waals surface area (Å²) in [5.41, 5.74) is 0. The molecule has 1 aliphatic rings. The molecule has 4 nitrogen and oxygen atoms in total. The van der Waals surface area contributed by atoms with Gasteiger partial charge in [0, 0.05) is 25.0 Å². The molecule has 114 valence electrons. The first-order valence-electron chi connectivity index (χ1n) is 7.08. The van der Waals surface area contributed by atoms with Crippen LogP contribution in [0, 0.1) is 0 Å². The van der Waals surface area contributed by atoms with Crippen LogP contribution in [0.5, 0.6) is 0 Å². The van der Waals surface area contributed by atoms with E-state index in [0.717, 1.165) is 25.6 Å². The van der Waals surface area contributed by atoms with Crippen LogP contribution in [0.25, 0.3) is 0 Å². The number of likely N-dealkylation sites (tertiary alicyclic amines) is 1. The van der Waals surface area contributed by atoms with Crippen molar-refractivity contribution < 1.29 is 0 Å². The molecule has 0 atom stereocenters. The van der Waals surface area contributed by atoms with E-state index >= 15 is 0 Å². The Labute approximate surface area is 143 Å². The number of nitrogens with one attached hydrogen (secondary N) is 2. The molecular weight excluding hydrogens is 383 g/mol. The maximum Gasteiger partial charge on any atom is 0.191 e. The minimum absolute atomic E-state index is 0. The summed E-state index contributed by atoms with van der Waals surface area (Å²) in [5, 5.41) is 8.82. The molecule has 1 fully saturated rings. The van der Waals surface area contributed by atoms with Gasteiger partial charge in [-0.05, 0) is 37.4 Å². The zero-order valence-electron chi connectivity index (χ0n) is 12.1. The second-order valence-corrected chi connectivity index (χ2v) is 5.87. The summed E-state index contributed by atoms with van der Waals surface area (Å²) in [5.74, 6) is 0.894. The predicted octanol–water partition coefficient (Wildman–Crippen LogP) is 2.52. The van der Waals surface area contributed by atoms with Crippen molar-refractivity contribution >= 4 is 41.3 Å². The Hall–Kier alpha value is -0.340. The van der Waals surface area contributed by atoms with Crippen LogP contribution in [0.15, 0.2) is 22.5 Å².